The molecule has 4 N–H and O–H groups in total. The predicted molar refractivity (Wildman–Crippen MR) is 117 cm³/mol. The summed E-state index contributed by atoms with van der Waals surface area (Å²) in [6, 6.07) is 7.87. The monoisotopic (exact) mass is 409 g/mol. The third-order valence-electron chi connectivity index (χ3n) is 5.90. The molecule has 2 heterocycles. The molecule has 3 aromatic rings. The van der Waals surface area contributed by atoms with Crippen molar-refractivity contribution in [1.29, 1.82) is 0 Å². The summed E-state index contributed by atoms with van der Waals surface area (Å²) in [6.45, 7) is 8.83. The molecule has 0 fully saturated rings. The summed E-state index contributed by atoms with van der Waals surface area (Å²) in [7, 11) is 0. The minimum absolute atomic E-state index is 0.0557. The Kier molecular flexibility index (Phi) is 4.99. The Morgan fingerprint density at radius 3 is 2.86 bits per heavy atom. The smallest absolute Gasteiger partial charge is 0.246 e. The number of nitrogens with two attached hydrogens (primary N) is 1. The maximum atomic E-state index is 12.1. The first-order chi connectivity index (χ1) is 13.8. The molecule has 1 aliphatic heterocycles. The number of aromatic amines is 1. The van der Waals surface area contributed by atoms with Gasteiger partial charge >= 0.3 is 0 Å². The average Bonchev–Trinajstić information content (AvgIpc) is 3.00. The molecular formula is C23H24ClN3O2. The van der Waals surface area contributed by atoms with Crippen LogP contribution in [0.25, 0.3) is 22.0 Å². The fourth-order valence-electron chi connectivity index (χ4n) is 4.31. The molecule has 1 amide bonds. The molecule has 2 aromatic carbocycles. The van der Waals surface area contributed by atoms with Crippen molar-refractivity contribution < 1.29 is 9.90 Å². The number of benzene rings is 2. The van der Waals surface area contributed by atoms with Crippen LogP contribution in [0.2, 0.25) is 5.02 Å². The summed E-state index contributed by atoms with van der Waals surface area (Å²) in [4.78, 5) is 17.2. The van der Waals surface area contributed by atoms with Gasteiger partial charge in [0.25, 0.3) is 0 Å². The Bertz CT molecular complexity index is 1150. The maximum Gasteiger partial charge on any atom is 0.246 e. The van der Waals surface area contributed by atoms with Crippen molar-refractivity contribution in [2.24, 2.45) is 5.73 Å². The number of aromatic nitrogens is 1. The van der Waals surface area contributed by atoms with Crippen LogP contribution in [-0.4, -0.2) is 27.4 Å². The second-order valence-corrected chi connectivity index (χ2v) is 7.96. The summed E-state index contributed by atoms with van der Waals surface area (Å²) < 4.78 is 0. The van der Waals surface area contributed by atoms with E-state index in [0.29, 0.717) is 23.7 Å². The number of nitrogens with one attached hydrogen (secondary N) is 1. The summed E-state index contributed by atoms with van der Waals surface area (Å²) >= 11 is 6.75. The lowest BCUT2D eigenvalue weighted by molar-refractivity contribution is -0.126. The molecule has 1 unspecified atom stereocenters. The zero-order chi connectivity index (χ0) is 20.9. The molecule has 0 aliphatic carbocycles. The van der Waals surface area contributed by atoms with Gasteiger partial charge < -0.3 is 20.7 Å². The van der Waals surface area contributed by atoms with E-state index in [-0.39, 0.29) is 5.91 Å². The molecule has 6 heteroatoms. The number of hydrogen-bond acceptors (Lipinski definition) is 3. The van der Waals surface area contributed by atoms with Gasteiger partial charge in [-0.3, -0.25) is 4.79 Å². The molecule has 0 radical (unpaired) electrons. The number of fused-ring (bicyclic) bond motifs is 2. The van der Waals surface area contributed by atoms with E-state index in [4.69, 9.17) is 17.3 Å². The van der Waals surface area contributed by atoms with E-state index in [1.165, 1.54) is 11.6 Å². The number of aliphatic hydroxyl groups excluding tert-OH is 1. The minimum atomic E-state index is -1.12. The van der Waals surface area contributed by atoms with Gasteiger partial charge in [-0.25, -0.2) is 0 Å². The topological polar surface area (TPSA) is 82.3 Å². The van der Waals surface area contributed by atoms with Crippen LogP contribution in [-0.2, 0) is 17.8 Å². The number of carbonyl (C=O) groups is 1. The Labute approximate surface area is 174 Å². The number of aryl methyl sites for hydroxylation is 2. The Morgan fingerprint density at radius 1 is 1.41 bits per heavy atom. The summed E-state index contributed by atoms with van der Waals surface area (Å²) in [5, 5.41) is 11.6. The van der Waals surface area contributed by atoms with Crippen molar-refractivity contribution in [3.05, 3.63) is 69.9 Å². The molecule has 1 aliphatic rings. The molecule has 0 spiro atoms. The van der Waals surface area contributed by atoms with Gasteiger partial charge in [-0.15, -0.1) is 0 Å². The average molecular weight is 410 g/mol. The van der Waals surface area contributed by atoms with E-state index in [2.05, 4.69) is 23.7 Å². The first-order valence-electron chi connectivity index (χ1n) is 9.60. The number of carbonyl (C=O) groups excluding carboxylic acids is 1. The highest BCUT2D eigenvalue weighted by atomic mass is 35.5. The van der Waals surface area contributed by atoms with E-state index >= 15 is 0 Å². The minimum Gasteiger partial charge on any atom is -0.374 e. The second kappa shape index (κ2) is 7.34. The molecular weight excluding hydrogens is 386 g/mol. The molecule has 150 valence electrons. The molecule has 0 saturated carbocycles. The van der Waals surface area contributed by atoms with E-state index in [9.17, 15) is 9.90 Å². The van der Waals surface area contributed by atoms with E-state index in [1.54, 1.807) is 11.0 Å². The van der Waals surface area contributed by atoms with E-state index < -0.39 is 6.23 Å². The second-order valence-electron chi connectivity index (χ2n) is 7.55. The number of nitrogens with zero attached hydrogens (tertiary/aromatic N) is 1. The Balaban J connectivity index is 1.96. The van der Waals surface area contributed by atoms with Crippen molar-refractivity contribution >= 4 is 28.4 Å². The zero-order valence-corrected chi connectivity index (χ0v) is 17.3. The lowest BCUT2D eigenvalue weighted by atomic mass is 9.87. The molecule has 4 rings (SSSR count). The third kappa shape index (κ3) is 3.15. The summed E-state index contributed by atoms with van der Waals surface area (Å²) in [6.07, 6.45) is 0.981. The molecule has 0 bridgehead atoms. The number of halogens is 1. The Morgan fingerprint density at radius 2 is 2.17 bits per heavy atom. The van der Waals surface area contributed by atoms with Gasteiger partial charge in [0.1, 0.15) is 6.23 Å². The van der Waals surface area contributed by atoms with Crippen molar-refractivity contribution in [1.82, 2.24) is 9.88 Å². The van der Waals surface area contributed by atoms with Crippen molar-refractivity contribution in [3.63, 3.8) is 0 Å². The standard InChI is InChI=1S/C23H24ClN3O2/c1-4-19(28)27-9-8-15-14(11-27)6-5-7-16(15)21-18(24)10-17(23(25)29)22-20(21)12(2)13(3)26-22/h4-7,10,23,26,29H,1,8-9,11,25H2,2-3H3. The fourth-order valence-corrected chi connectivity index (χ4v) is 4.62. The van der Waals surface area contributed by atoms with Crippen LogP contribution in [0, 0.1) is 13.8 Å². The van der Waals surface area contributed by atoms with Gasteiger partial charge in [0.2, 0.25) is 5.91 Å². The van der Waals surface area contributed by atoms with Gasteiger partial charge in [-0.05, 0) is 54.7 Å². The first kappa shape index (κ1) is 19.7. The molecule has 5 nitrogen and oxygen atoms in total. The summed E-state index contributed by atoms with van der Waals surface area (Å²) in [5.74, 6) is -0.0557. The zero-order valence-electron chi connectivity index (χ0n) is 16.6. The molecule has 1 atom stereocenters. The van der Waals surface area contributed by atoms with Crippen LogP contribution in [0.5, 0.6) is 0 Å². The largest absolute Gasteiger partial charge is 0.374 e. The van der Waals surface area contributed by atoms with Crippen LogP contribution < -0.4 is 5.73 Å². The third-order valence-corrected chi connectivity index (χ3v) is 6.20. The Hall–Kier alpha value is -2.60. The highest BCUT2D eigenvalue weighted by molar-refractivity contribution is 6.35. The van der Waals surface area contributed by atoms with Crippen molar-refractivity contribution in [3.8, 4) is 11.1 Å². The molecule has 1 aromatic heterocycles. The van der Waals surface area contributed by atoms with Gasteiger partial charge in [-0.1, -0.05) is 36.4 Å². The maximum absolute atomic E-state index is 12.1. The van der Waals surface area contributed by atoms with Gasteiger partial charge in [0.15, 0.2) is 0 Å². The highest BCUT2D eigenvalue weighted by Gasteiger charge is 2.25. The lowest BCUT2D eigenvalue weighted by Crippen LogP contribution is -2.34. The van der Waals surface area contributed by atoms with Crippen LogP contribution in [0.1, 0.15) is 34.2 Å². The van der Waals surface area contributed by atoms with Crippen LogP contribution in [0.3, 0.4) is 0 Å². The van der Waals surface area contributed by atoms with Gasteiger partial charge in [-0.2, -0.15) is 0 Å². The van der Waals surface area contributed by atoms with Crippen LogP contribution in [0.4, 0.5) is 0 Å². The van der Waals surface area contributed by atoms with E-state index in [1.807, 2.05) is 19.9 Å². The quantitative estimate of drug-likeness (QED) is 0.449. The molecule has 29 heavy (non-hydrogen) atoms. The van der Waals surface area contributed by atoms with E-state index in [0.717, 1.165) is 45.3 Å². The number of aliphatic hydroxyl groups is 1. The highest BCUT2D eigenvalue weighted by Crippen LogP contribution is 2.43. The lowest BCUT2D eigenvalue weighted by Gasteiger charge is -2.30. The first-order valence-corrected chi connectivity index (χ1v) is 9.98. The number of hydrogen-bond donors (Lipinski definition) is 3. The van der Waals surface area contributed by atoms with Crippen LogP contribution >= 0.6 is 11.6 Å². The SMILES string of the molecule is C=CC(=O)N1CCc2c(cccc2-c2c(Cl)cc(C(N)O)c3[nH]c(C)c(C)c23)C1. The molecule has 0 saturated heterocycles. The van der Waals surface area contributed by atoms with Gasteiger partial charge in [0, 0.05) is 40.3 Å². The van der Waals surface area contributed by atoms with Crippen LogP contribution in [0.15, 0.2) is 36.9 Å². The number of rotatable bonds is 3. The number of H-pyrrole nitrogens is 1. The van der Waals surface area contributed by atoms with Gasteiger partial charge in [0.05, 0.1) is 5.52 Å². The predicted octanol–water partition coefficient (Wildman–Crippen LogP) is 4.13. The number of amides is 1. The van der Waals surface area contributed by atoms with Crippen molar-refractivity contribution in [2.45, 2.75) is 33.0 Å². The summed E-state index contributed by atoms with van der Waals surface area (Å²) in [5.41, 5.74) is 13.6. The normalized spacial score (nSPS) is 14.7. The van der Waals surface area contributed by atoms with Crippen molar-refractivity contribution in [2.75, 3.05) is 6.54 Å². The fraction of sp³-hybridized carbons (Fsp3) is 0.261.